The second kappa shape index (κ2) is 19.8. The first-order chi connectivity index (χ1) is 26.7. The molecule has 26 nitrogen and oxygen atoms in total. The number of aliphatic hydroxyl groups excluding tert-OH is 13. The summed E-state index contributed by atoms with van der Waals surface area (Å²) < 4.78 is 39.6. The van der Waals surface area contributed by atoms with E-state index in [4.69, 9.17) is 33.2 Å². The lowest BCUT2D eigenvalue weighted by molar-refractivity contribution is -0.389. The van der Waals surface area contributed by atoms with E-state index >= 15 is 0 Å². The molecular formula is C31H52N2O24. The fraction of sp³-hybridized carbons (Fsp3) is 0.903. The Morgan fingerprint density at radius 2 is 1.23 bits per heavy atom. The number of nitrogens with one attached hydrogen (secondary N) is 2. The number of aliphatic hydroxyl groups is 13. The highest BCUT2D eigenvalue weighted by molar-refractivity contribution is 5.76. The fourth-order valence-electron chi connectivity index (χ4n) is 7.05. The van der Waals surface area contributed by atoms with Crippen LogP contribution in [0, 0.1) is 0 Å². The van der Waals surface area contributed by atoms with Gasteiger partial charge in [0.2, 0.25) is 11.8 Å². The molecule has 0 aromatic heterocycles. The van der Waals surface area contributed by atoms with Crippen LogP contribution in [0.2, 0.25) is 0 Å². The first-order valence-corrected chi connectivity index (χ1v) is 17.7. The average Bonchev–Trinajstić information content (AvgIpc) is 3.16. The van der Waals surface area contributed by atoms with Crippen LogP contribution < -0.4 is 10.6 Å². The monoisotopic (exact) mass is 836 g/mol. The number of aliphatic carboxylic acids is 1. The van der Waals surface area contributed by atoms with E-state index in [1.165, 1.54) is 0 Å². The SMILES string of the molecule is CC(=O)N[C@H]1[C@H](O[C@@H]2[C@H](O[C@]3(C(=O)O)C[C@H](O)[C@@H](NC(C)=O)[C@H]([C@H](O)[C@H](O)CO)O3)[C@@H](O)C(O)O[C@@H]2CO)O[C@H](CO)[C@H](O)[C@@H]1O[C@@H]1O[C@H](CO)[C@H](O)[C@H](O)[C@H]1O. The highest BCUT2D eigenvalue weighted by Gasteiger charge is 2.61. The zero-order chi connectivity index (χ0) is 42.7. The molecule has 4 saturated heterocycles. The van der Waals surface area contributed by atoms with Crippen LogP contribution in [0.4, 0.5) is 0 Å². The fourth-order valence-corrected chi connectivity index (χ4v) is 7.05. The van der Waals surface area contributed by atoms with E-state index in [-0.39, 0.29) is 0 Å². The molecule has 0 saturated carbocycles. The molecule has 2 amide bonds. The molecule has 330 valence electrons. The van der Waals surface area contributed by atoms with Crippen molar-refractivity contribution in [2.45, 2.75) is 149 Å². The van der Waals surface area contributed by atoms with E-state index in [1.807, 2.05) is 0 Å². The molecule has 4 rings (SSSR count). The Hall–Kier alpha value is -2.39. The van der Waals surface area contributed by atoms with Gasteiger partial charge in [-0.1, -0.05) is 0 Å². The summed E-state index contributed by atoms with van der Waals surface area (Å²) in [6, 6.07) is -3.38. The highest BCUT2D eigenvalue weighted by Crippen LogP contribution is 2.39. The van der Waals surface area contributed by atoms with Crippen LogP contribution in [0.3, 0.4) is 0 Å². The summed E-state index contributed by atoms with van der Waals surface area (Å²) in [6.07, 6.45) is -36.7. The molecule has 0 aliphatic carbocycles. The molecule has 1 unspecified atom stereocenters. The maximum atomic E-state index is 13.0. The Morgan fingerprint density at radius 1 is 0.684 bits per heavy atom. The largest absolute Gasteiger partial charge is 0.477 e. The van der Waals surface area contributed by atoms with Gasteiger partial charge in [0.15, 0.2) is 18.9 Å². The Kier molecular flexibility index (Phi) is 16.4. The number of carboxylic acid groups (broad SMARTS) is 1. The van der Waals surface area contributed by atoms with E-state index in [0.29, 0.717) is 0 Å². The summed E-state index contributed by atoms with van der Waals surface area (Å²) in [5.41, 5.74) is 0. The van der Waals surface area contributed by atoms with Crippen LogP contribution in [0.25, 0.3) is 0 Å². The lowest BCUT2D eigenvalue weighted by Crippen LogP contribution is -2.72. The number of carboxylic acids is 1. The van der Waals surface area contributed by atoms with Crippen LogP contribution >= 0.6 is 0 Å². The summed E-state index contributed by atoms with van der Waals surface area (Å²) in [5, 5.41) is 151. The van der Waals surface area contributed by atoms with Crippen molar-refractivity contribution in [1.29, 1.82) is 0 Å². The van der Waals surface area contributed by atoms with Gasteiger partial charge in [-0.05, 0) is 0 Å². The van der Waals surface area contributed by atoms with E-state index in [1.54, 1.807) is 0 Å². The van der Waals surface area contributed by atoms with Gasteiger partial charge in [-0.2, -0.15) is 0 Å². The lowest BCUT2D eigenvalue weighted by atomic mass is 9.88. The summed E-state index contributed by atoms with van der Waals surface area (Å²) in [4.78, 5) is 37.4. The topological polar surface area (TPSA) is 423 Å². The minimum absolute atomic E-state index is 0.800. The third-order valence-corrected chi connectivity index (χ3v) is 9.98. The van der Waals surface area contributed by atoms with Crippen molar-refractivity contribution < 1.29 is 119 Å². The molecule has 0 spiro atoms. The van der Waals surface area contributed by atoms with Gasteiger partial charge in [-0.3, -0.25) is 9.59 Å². The number of carbonyl (C=O) groups is 3. The van der Waals surface area contributed by atoms with Gasteiger partial charge in [0.05, 0.1) is 38.6 Å². The Balaban J connectivity index is 1.75. The Labute approximate surface area is 322 Å². The number of rotatable bonds is 15. The zero-order valence-corrected chi connectivity index (χ0v) is 30.4. The summed E-state index contributed by atoms with van der Waals surface area (Å²) >= 11 is 0. The standard InChI is InChI=1S/C31H52N2O24/c1-8(38)32-15-10(40)3-31(30(49)50,56-25(15)17(42)11(41)4-34)57-26-22(47)27(48)51-14(7-37)23(26)54-28-16(33-9(2)39)24(19(44)13(6-36)52-28)55-29-21(46)20(45)18(43)12(5-35)53-29/h10-29,34-37,40-48H,3-7H2,1-2H3,(H,32,38)(H,33,39)(H,49,50)/t10-,11+,12+,13+,14+,15+,16+,17+,18-,19-,20-,21+,22+,23-,24+,25+,26+,27?,28-,29-,31-/m0/s1. The molecule has 4 heterocycles. The van der Waals surface area contributed by atoms with Crippen molar-refractivity contribution in [2.75, 3.05) is 26.4 Å². The average molecular weight is 837 g/mol. The molecule has 0 aromatic carbocycles. The zero-order valence-electron chi connectivity index (χ0n) is 30.4. The Morgan fingerprint density at radius 3 is 1.77 bits per heavy atom. The number of ether oxygens (including phenoxy) is 7. The van der Waals surface area contributed by atoms with Crippen LogP contribution in [-0.2, 0) is 47.5 Å². The van der Waals surface area contributed by atoms with Crippen molar-refractivity contribution in [3.8, 4) is 0 Å². The molecule has 4 aliphatic heterocycles. The van der Waals surface area contributed by atoms with Gasteiger partial charge in [-0.15, -0.1) is 0 Å². The minimum Gasteiger partial charge on any atom is -0.477 e. The second-order valence-electron chi connectivity index (χ2n) is 14.0. The van der Waals surface area contributed by atoms with Crippen LogP contribution in [0.1, 0.15) is 20.3 Å². The van der Waals surface area contributed by atoms with E-state index in [0.717, 1.165) is 13.8 Å². The molecule has 21 atom stereocenters. The maximum absolute atomic E-state index is 13.0. The summed E-state index contributed by atoms with van der Waals surface area (Å²) in [7, 11) is 0. The Bertz CT molecular complexity index is 1350. The third-order valence-electron chi connectivity index (χ3n) is 9.98. The van der Waals surface area contributed by atoms with Crippen molar-refractivity contribution in [1.82, 2.24) is 10.6 Å². The molecule has 0 bridgehead atoms. The molecule has 0 aromatic rings. The van der Waals surface area contributed by atoms with Crippen LogP contribution in [0.5, 0.6) is 0 Å². The number of amides is 2. The van der Waals surface area contributed by atoms with E-state index in [9.17, 15) is 85.9 Å². The maximum Gasteiger partial charge on any atom is 0.364 e. The predicted octanol–water partition coefficient (Wildman–Crippen LogP) is -10.3. The van der Waals surface area contributed by atoms with Gasteiger partial charge in [0.25, 0.3) is 5.79 Å². The predicted molar refractivity (Wildman–Crippen MR) is 174 cm³/mol. The molecular weight excluding hydrogens is 784 g/mol. The molecule has 4 fully saturated rings. The number of carbonyl (C=O) groups excluding carboxylic acids is 2. The molecule has 57 heavy (non-hydrogen) atoms. The normalized spacial score (nSPS) is 45.1. The van der Waals surface area contributed by atoms with Gasteiger partial charge >= 0.3 is 5.97 Å². The third kappa shape index (κ3) is 10.2. The van der Waals surface area contributed by atoms with Crippen molar-refractivity contribution in [3.63, 3.8) is 0 Å². The quantitative estimate of drug-likeness (QED) is 0.0728. The molecule has 16 N–H and O–H groups in total. The second-order valence-corrected chi connectivity index (χ2v) is 14.0. The van der Waals surface area contributed by atoms with Crippen LogP contribution in [-0.4, -0.2) is 244 Å². The first-order valence-electron chi connectivity index (χ1n) is 17.7. The van der Waals surface area contributed by atoms with E-state index < -0.39 is 179 Å². The molecule has 4 aliphatic rings. The molecule has 0 radical (unpaired) electrons. The van der Waals surface area contributed by atoms with Gasteiger partial charge in [0, 0.05) is 20.3 Å². The van der Waals surface area contributed by atoms with Crippen LogP contribution in [0.15, 0.2) is 0 Å². The van der Waals surface area contributed by atoms with Gasteiger partial charge in [-0.25, -0.2) is 4.79 Å². The van der Waals surface area contributed by atoms with Gasteiger partial charge in [0.1, 0.15) is 91.5 Å². The minimum atomic E-state index is -3.16. The van der Waals surface area contributed by atoms with Crippen molar-refractivity contribution >= 4 is 17.8 Å². The van der Waals surface area contributed by atoms with E-state index in [2.05, 4.69) is 10.6 Å². The summed E-state index contributed by atoms with van der Waals surface area (Å²) in [5.74, 6) is -6.87. The number of hydrogen-bond donors (Lipinski definition) is 16. The van der Waals surface area contributed by atoms with Gasteiger partial charge < -0.3 is 115 Å². The van der Waals surface area contributed by atoms with Crippen molar-refractivity contribution in [2.24, 2.45) is 0 Å². The smallest absolute Gasteiger partial charge is 0.364 e. The summed E-state index contributed by atoms with van der Waals surface area (Å²) in [6.45, 7) is -2.07. The number of hydrogen-bond acceptors (Lipinski definition) is 23. The lowest BCUT2D eigenvalue weighted by Gasteiger charge is -2.51. The molecule has 26 heteroatoms. The van der Waals surface area contributed by atoms with Crippen molar-refractivity contribution in [3.05, 3.63) is 0 Å². The first kappa shape index (κ1) is 47.3. The highest BCUT2D eigenvalue weighted by atomic mass is 16.8.